The monoisotopic (exact) mass is 267 g/mol. The molecule has 0 saturated heterocycles. The standard InChI is InChI=1S/C13H14ClNO3/c1-8(16)12(13(17)18-2)11(15)7-9-3-5-10(14)6-4-9/h3-6H,7,15H2,1-2H3/b12-11-. The predicted molar refractivity (Wildman–Crippen MR) is 69.1 cm³/mol. The third kappa shape index (κ3) is 3.60. The summed E-state index contributed by atoms with van der Waals surface area (Å²) in [6.07, 6.45) is 0.293. The fourth-order valence-electron chi connectivity index (χ4n) is 1.51. The third-order valence-corrected chi connectivity index (χ3v) is 2.62. The molecule has 0 aliphatic carbocycles. The number of allylic oxidation sites excluding steroid dienone is 1. The van der Waals surface area contributed by atoms with Crippen molar-refractivity contribution in [2.45, 2.75) is 13.3 Å². The van der Waals surface area contributed by atoms with E-state index in [-0.39, 0.29) is 11.3 Å². The quantitative estimate of drug-likeness (QED) is 0.391. The molecule has 0 aliphatic rings. The van der Waals surface area contributed by atoms with E-state index in [1.165, 1.54) is 14.0 Å². The molecule has 4 nitrogen and oxygen atoms in total. The maximum Gasteiger partial charge on any atom is 0.343 e. The van der Waals surface area contributed by atoms with Gasteiger partial charge >= 0.3 is 5.97 Å². The summed E-state index contributed by atoms with van der Waals surface area (Å²) in [5.41, 5.74) is 6.74. The van der Waals surface area contributed by atoms with Gasteiger partial charge in [0.25, 0.3) is 0 Å². The van der Waals surface area contributed by atoms with Gasteiger partial charge < -0.3 is 10.5 Å². The normalized spacial score (nSPS) is 11.7. The molecule has 0 unspecified atom stereocenters. The zero-order chi connectivity index (χ0) is 13.7. The highest BCUT2D eigenvalue weighted by Crippen LogP contribution is 2.14. The summed E-state index contributed by atoms with van der Waals surface area (Å²) >= 11 is 5.76. The van der Waals surface area contributed by atoms with Gasteiger partial charge in [0.15, 0.2) is 5.78 Å². The highest BCUT2D eigenvalue weighted by molar-refractivity contribution is 6.30. The van der Waals surface area contributed by atoms with Crippen molar-refractivity contribution >= 4 is 23.4 Å². The van der Waals surface area contributed by atoms with Crippen LogP contribution in [0, 0.1) is 0 Å². The Morgan fingerprint density at radius 3 is 2.28 bits per heavy atom. The second-order valence-corrected chi connectivity index (χ2v) is 4.19. The summed E-state index contributed by atoms with van der Waals surface area (Å²) in [6, 6.07) is 7.00. The number of rotatable bonds is 4. The first-order chi connectivity index (χ1) is 8.45. The largest absolute Gasteiger partial charge is 0.465 e. The van der Waals surface area contributed by atoms with Crippen LogP contribution in [0.1, 0.15) is 12.5 Å². The van der Waals surface area contributed by atoms with Crippen LogP contribution in [-0.4, -0.2) is 18.9 Å². The number of ether oxygens (including phenoxy) is 1. The molecule has 96 valence electrons. The summed E-state index contributed by atoms with van der Waals surface area (Å²) < 4.78 is 4.53. The van der Waals surface area contributed by atoms with Crippen molar-refractivity contribution in [1.29, 1.82) is 0 Å². The number of Topliss-reactive ketones (excluding diaryl/α,β-unsaturated/α-hetero) is 1. The summed E-state index contributed by atoms with van der Waals surface area (Å²) in [7, 11) is 1.21. The van der Waals surface area contributed by atoms with Crippen LogP contribution in [0.3, 0.4) is 0 Å². The van der Waals surface area contributed by atoms with Gasteiger partial charge in [-0.1, -0.05) is 23.7 Å². The van der Waals surface area contributed by atoms with Crippen LogP contribution in [0.15, 0.2) is 35.5 Å². The first kappa shape index (κ1) is 14.3. The molecule has 0 atom stereocenters. The number of methoxy groups -OCH3 is 1. The van der Waals surface area contributed by atoms with Crippen LogP contribution < -0.4 is 5.73 Å². The minimum Gasteiger partial charge on any atom is -0.465 e. The highest BCUT2D eigenvalue weighted by Gasteiger charge is 2.19. The van der Waals surface area contributed by atoms with Gasteiger partial charge in [-0.25, -0.2) is 4.79 Å². The Kier molecular flexibility index (Phi) is 4.92. The molecule has 0 amide bonds. The van der Waals surface area contributed by atoms with E-state index in [2.05, 4.69) is 4.74 Å². The number of hydrogen-bond donors (Lipinski definition) is 1. The van der Waals surface area contributed by atoms with Crippen LogP contribution >= 0.6 is 11.6 Å². The molecule has 0 spiro atoms. The van der Waals surface area contributed by atoms with E-state index < -0.39 is 11.8 Å². The molecule has 0 aromatic heterocycles. The van der Waals surface area contributed by atoms with Gasteiger partial charge in [0.05, 0.1) is 7.11 Å². The maximum absolute atomic E-state index is 11.4. The molecule has 1 aromatic rings. The molecule has 0 bridgehead atoms. The number of carbonyl (C=O) groups excluding carboxylic acids is 2. The third-order valence-electron chi connectivity index (χ3n) is 2.37. The van der Waals surface area contributed by atoms with Crippen LogP contribution in [0.5, 0.6) is 0 Å². The van der Waals surface area contributed by atoms with E-state index in [0.29, 0.717) is 11.4 Å². The maximum atomic E-state index is 11.4. The smallest absolute Gasteiger partial charge is 0.343 e. The molecule has 0 fully saturated rings. The van der Waals surface area contributed by atoms with Gasteiger partial charge in [-0.3, -0.25) is 4.79 Å². The van der Waals surface area contributed by atoms with Crippen molar-refractivity contribution in [2.75, 3.05) is 7.11 Å². The molecule has 0 heterocycles. The number of halogens is 1. The summed E-state index contributed by atoms with van der Waals surface area (Å²) in [4.78, 5) is 22.8. The summed E-state index contributed by atoms with van der Waals surface area (Å²) in [6.45, 7) is 1.28. The topological polar surface area (TPSA) is 69.4 Å². The Morgan fingerprint density at radius 1 is 1.28 bits per heavy atom. The number of hydrogen-bond acceptors (Lipinski definition) is 4. The molecule has 0 aliphatic heterocycles. The van der Waals surface area contributed by atoms with Gasteiger partial charge in [-0.2, -0.15) is 0 Å². The highest BCUT2D eigenvalue weighted by atomic mass is 35.5. The van der Waals surface area contributed by atoms with E-state index in [0.717, 1.165) is 5.56 Å². The van der Waals surface area contributed by atoms with Crippen LogP contribution in [0.2, 0.25) is 5.02 Å². The first-order valence-corrected chi connectivity index (χ1v) is 5.65. The molecular formula is C13H14ClNO3. The number of benzene rings is 1. The number of esters is 1. The molecule has 1 aromatic carbocycles. The second-order valence-electron chi connectivity index (χ2n) is 3.75. The van der Waals surface area contributed by atoms with Crippen molar-refractivity contribution in [2.24, 2.45) is 5.73 Å². The van der Waals surface area contributed by atoms with Crippen molar-refractivity contribution in [3.8, 4) is 0 Å². The average Bonchev–Trinajstić information content (AvgIpc) is 2.31. The Bertz CT molecular complexity index is 491. The van der Waals surface area contributed by atoms with Crippen molar-refractivity contribution < 1.29 is 14.3 Å². The minimum atomic E-state index is -0.714. The zero-order valence-corrected chi connectivity index (χ0v) is 11.0. The fourth-order valence-corrected chi connectivity index (χ4v) is 1.64. The number of nitrogens with two attached hydrogens (primary N) is 1. The SMILES string of the molecule is COC(=O)/C(C(C)=O)=C(\N)Cc1ccc(Cl)cc1. The number of carbonyl (C=O) groups is 2. The fraction of sp³-hybridized carbons (Fsp3) is 0.231. The van der Waals surface area contributed by atoms with Gasteiger partial charge in [-0.05, 0) is 24.6 Å². The second kappa shape index (κ2) is 6.21. The van der Waals surface area contributed by atoms with E-state index in [1.807, 2.05) is 0 Å². The van der Waals surface area contributed by atoms with Crippen molar-refractivity contribution in [3.63, 3.8) is 0 Å². The predicted octanol–water partition coefficient (Wildman–Crippen LogP) is 1.86. The molecule has 0 saturated carbocycles. The molecule has 0 radical (unpaired) electrons. The lowest BCUT2D eigenvalue weighted by Gasteiger charge is -2.07. The zero-order valence-electron chi connectivity index (χ0n) is 10.2. The van der Waals surface area contributed by atoms with E-state index in [1.54, 1.807) is 24.3 Å². The Balaban J connectivity index is 3.02. The van der Waals surface area contributed by atoms with Crippen molar-refractivity contribution in [1.82, 2.24) is 0 Å². The van der Waals surface area contributed by atoms with Gasteiger partial charge in [0, 0.05) is 17.1 Å². The first-order valence-electron chi connectivity index (χ1n) is 5.28. The Hall–Kier alpha value is -1.81. The Morgan fingerprint density at radius 2 is 1.83 bits per heavy atom. The molecule has 5 heteroatoms. The van der Waals surface area contributed by atoms with Crippen LogP contribution in [-0.2, 0) is 20.7 Å². The Labute approximate surface area is 110 Å². The summed E-state index contributed by atoms with van der Waals surface area (Å²) in [5, 5.41) is 0.612. The molecule has 18 heavy (non-hydrogen) atoms. The average molecular weight is 268 g/mol. The minimum absolute atomic E-state index is 0.104. The lowest BCUT2D eigenvalue weighted by Crippen LogP contribution is -2.19. The number of ketones is 1. The van der Waals surface area contributed by atoms with Gasteiger partial charge in [-0.15, -0.1) is 0 Å². The summed E-state index contributed by atoms with van der Waals surface area (Å²) in [5.74, 6) is -1.12. The van der Waals surface area contributed by atoms with Crippen LogP contribution in [0.4, 0.5) is 0 Å². The van der Waals surface area contributed by atoms with Gasteiger partial charge in [0.2, 0.25) is 0 Å². The van der Waals surface area contributed by atoms with Gasteiger partial charge in [0.1, 0.15) is 5.57 Å². The molecule has 1 rings (SSSR count). The lowest BCUT2D eigenvalue weighted by molar-refractivity contribution is -0.137. The molecule has 2 N–H and O–H groups in total. The van der Waals surface area contributed by atoms with E-state index in [9.17, 15) is 9.59 Å². The van der Waals surface area contributed by atoms with Crippen LogP contribution in [0.25, 0.3) is 0 Å². The van der Waals surface area contributed by atoms with E-state index >= 15 is 0 Å². The lowest BCUT2D eigenvalue weighted by atomic mass is 10.0. The molecular weight excluding hydrogens is 254 g/mol. The van der Waals surface area contributed by atoms with E-state index in [4.69, 9.17) is 17.3 Å². The van der Waals surface area contributed by atoms with Crippen molar-refractivity contribution in [3.05, 3.63) is 46.1 Å².